The minimum Gasteiger partial charge on any atom is -0.322 e. The predicted octanol–water partition coefficient (Wildman–Crippen LogP) is 6.97. The van der Waals surface area contributed by atoms with Gasteiger partial charge in [-0.25, -0.2) is 4.90 Å². The summed E-state index contributed by atoms with van der Waals surface area (Å²) in [6.07, 6.45) is 0. The Kier molecular flexibility index (Phi) is 5.94. The maximum atomic E-state index is 13.0. The Labute approximate surface area is 203 Å². The molecule has 1 aliphatic heterocycles. The molecule has 3 aromatic rings. The van der Waals surface area contributed by atoms with E-state index in [9.17, 15) is 14.4 Å². The number of rotatable bonds is 3. The van der Waals surface area contributed by atoms with Gasteiger partial charge in [-0.05, 0) is 55.3 Å². The first-order valence-corrected chi connectivity index (χ1v) is 10.9. The number of fused-ring (bicyclic) bond motifs is 1. The van der Waals surface area contributed by atoms with E-state index < -0.39 is 17.7 Å². The number of imide groups is 1. The van der Waals surface area contributed by atoms with E-state index in [1.165, 1.54) is 12.1 Å². The fourth-order valence-electron chi connectivity index (χ4n) is 3.39. The summed E-state index contributed by atoms with van der Waals surface area (Å²) in [5.74, 6) is -1.81. The van der Waals surface area contributed by atoms with Crippen LogP contribution in [-0.2, 0) is 0 Å². The summed E-state index contributed by atoms with van der Waals surface area (Å²) in [6.45, 7) is 3.92. The van der Waals surface area contributed by atoms with Gasteiger partial charge >= 0.3 is 0 Å². The third-order valence-electron chi connectivity index (χ3n) is 5.23. The lowest BCUT2D eigenvalue weighted by atomic mass is 10.1. The summed E-state index contributed by atoms with van der Waals surface area (Å²) in [4.78, 5) is 39.8. The van der Waals surface area contributed by atoms with E-state index in [4.69, 9.17) is 46.4 Å². The standard InChI is InChI=1S/C23H14Cl4N2O3/c1-10-6-7-13(8-11(10)2)28-21(30)12-4-3-5-14(9-12)29-22(31)15-16(23(29)32)18(25)20(27)19(26)17(15)24/h3-9H,1-2H3,(H,28,30). The SMILES string of the molecule is Cc1ccc(NC(=O)c2cccc(N3C(=O)c4c(Cl)c(Cl)c(Cl)c(Cl)c4C3=O)c2)cc1C. The maximum Gasteiger partial charge on any atom is 0.267 e. The highest BCUT2D eigenvalue weighted by Crippen LogP contribution is 2.45. The third kappa shape index (κ3) is 3.65. The number of carbonyl (C=O) groups is 3. The van der Waals surface area contributed by atoms with Crippen molar-refractivity contribution < 1.29 is 14.4 Å². The lowest BCUT2D eigenvalue weighted by Gasteiger charge is -2.15. The molecule has 1 N–H and O–H groups in total. The Morgan fingerprint density at radius 2 is 1.38 bits per heavy atom. The Morgan fingerprint density at radius 3 is 1.94 bits per heavy atom. The summed E-state index contributed by atoms with van der Waals surface area (Å²) in [5.41, 5.74) is 2.96. The van der Waals surface area contributed by atoms with Crippen molar-refractivity contribution >= 4 is 75.5 Å². The van der Waals surface area contributed by atoms with Crippen LogP contribution in [0.1, 0.15) is 42.2 Å². The number of amides is 3. The van der Waals surface area contributed by atoms with Crippen LogP contribution in [0.15, 0.2) is 42.5 Å². The van der Waals surface area contributed by atoms with Gasteiger partial charge in [0.2, 0.25) is 0 Å². The molecule has 0 fully saturated rings. The Balaban J connectivity index is 1.69. The van der Waals surface area contributed by atoms with Gasteiger partial charge in [-0.1, -0.05) is 58.5 Å². The zero-order valence-corrected chi connectivity index (χ0v) is 19.7. The van der Waals surface area contributed by atoms with Crippen molar-refractivity contribution in [3.05, 3.63) is 90.4 Å². The molecule has 0 unspecified atom stereocenters. The molecule has 3 amide bonds. The van der Waals surface area contributed by atoms with E-state index in [-0.39, 0.29) is 42.5 Å². The first-order chi connectivity index (χ1) is 15.1. The molecule has 1 heterocycles. The zero-order valence-electron chi connectivity index (χ0n) is 16.7. The number of carbonyl (C=O) groups excluding carboxylic acids is 3. The van der Waals surface area contributed by atoms with Crippen LogP contribution in [0, 0.1) is 13.8 Å². The van der Waals surface area contributed by atoms with Crippen LogP contribution in [0.25, 0.3) is 0 Å². The number of hydrogen-bond donors (Lipinski definition) is 1. The molecule has 0 spiro atoms. The molecule has 0 atom stereocenters. The summed E-state index contributed by atoms with van der Waals surface area (Å²) < 4.78 is 0. The van der Waals surface area contributed by atoms with Crippen molar-refractivity contribution in [2.75, 3.05) is 10.2 Å². The summed E-state index contributed by atoms with van der Waals surface area (Å²) in [5, 5.41) is 2.29. The fourth-order valence-corrected chi connectivity index (χ4v) is 4.41. The second-order valence-corrected chi connectivity index (χ2v) is 8.77. The number of anilines is 2. The number of aryl methyl sites for hydroxylation is 2. The van der Waals surface area contributed by atoms with Gasteiger partial charge in [0, 0.05) is 11.3 Å². The molecular weight excluding hydrogens is 494 g/mol. The molecule has 0 bridgehead atoms. The minimum absolute atomic E-state index is 0.110. The predicted molar refractivity (Wildman–Crippen MR) is 128 cm³/mol. The smallest absolute Gasteiger partial charge is 0.267 e. The monoisotopic (exact) mass is 506 g/mol. The zero-order chi connectivity index (χ0) is 23.3. The van der Waals surface area contributed by atoms with Crippen LogP contribution >= 0.6 is 46.4 Å². The lowest BCUT2D eigenvalue weighted by Crippen LogP contribution is -2.29. The van der Waals surface area contributed by atoms with Gasteiger partial charge in [-0.3, -0.25) is 14.4 Å². The van der Waals surface area contributed by atoms with Gasteiger partial charge < -0.3 is 5.32 Å². The number of hydrogen-bond acceptors (Lipinski definition) is 3. The lowest BCUT2D eigenvalue weighted by molar-refractivity contribution is 0.0924. The first-order valence-electron chi connectivity index (χ1n) is 9.35. The number of nitrogens with zero attached hydrogens (tertiary/aromatic N) is 1. The highest BCUT2D eigenvalue weighted by atomic mass is 35.5. The van der Waals surface area contributed by atoms with Gasteiger partial charge in [0.1, 0.15) is 0 Å². The van der Waals surface area contributed by atoms with Crippen molar-refractivity contribution in [1.82, 2.24) is 0 Å². The maximum absolute atomic E-state index is 13.0. The van der Waals surface area contributed by atoms with Gasteiger partial charge in [0.15, 0.2) is 0 Å². The summed E-state index contributed by atoms with van der Waals surface area (Å²) >= 11 is 24.5. The van der Waals surface area contributed by atoms with Gasteiger partial charge in [0.05, 0.1) is 36.9 Å². The molecule has 0 saturated heterocycles. The number of benzene rings is 3. The van der Waals surface area contributed by atoms with E-state index in [0.29, 0.717) is 5.69 Å². The van der Waals surface area contributed by atoms with Crippen molar-refractivity contribution in [2.45, 2.75) is 13.8 Å². The molecule has 9 heteroatoms. The first kappa shape index (κ1) is 22.6. The molecule has 5 nitrogen and oxygen atoms in total. The minimum atomic E-state index is -0.706. The highest BCUT2D eigenvalue weighted by Gasteiger charge is 2.42. The quantitative estimate of drug-likeness (QED) is 0.236. The van der Waals surface area contributed by atoms with Crippen molar-refractivity contribution in [1.29, 1.82) is 0 Å². The Bertz CT molecular complexity index is 1290. The van der Waals surface area contributed by atoms with E-state index in [2.05, 4.69) is 5.32 Å². The van der Waals surface area contributed by atoms with Gasteiger partial charge in [-0.15, -0.1) is 0 Å². The van der Waals surface area contributed by atoms with Crippen LogP contribution in [0.2, 0.25) is 20.1 Å². The Hall–Kier alpha value is -2.57. The van der Waals surface area contributed by atoms with Crippen molar-refractivity contribution in [3.63, 3.8) is 0 Å². The normalized spacial score (nSPS) is 12.9. The molecule has 32 heavy (non-hydrogen) atoms. The molecule has 1 aliphatic rings. The van der Waals surface area contributed by atoms with Crippen LogP contribution < -0.4 is 10.2 Å². The van der Waals surface area contributed by atoms with E-state index in [1.807, 2.05) is 26.0 Å². The molecule has 0 aliphatic carbocycles. The highest BCUT2D eigenvalue weighted by molar-refractivity contribution is 6.56. The average Bonchev–Trinajstić information content (AvgIpc) is 3.03. The van der Waals surface area contributed by atoms with Crippen molar-refractivity contribution in [3.8, 4) is 0 Å². The van der Waals surface area contributed by atoms with Gasteiger partial charge in [0.25, 0.3) is 17.7 Å². The van der Waals surface area contributed by atoms with E-state index in [1.54, 1.807) is 18.2 Å². The topological polar surface area (TPSA) is 66.5 Å². The van der Waals surface area contributed by atoms with Crippen molar-refractivity contribution in [2.24, 2.45) is 0 Å². The molecule has 0 saturated carbocycles. The average molecular weight is 508 g/mol. The van der Waals surface area contributed by atoms with E-state index >= 15 is 0 Å². The van der Waals surface area contributed by atoms with Crippen LogP contribution in [0.3, 0.4) is 0 Å². The number of nitrogens with one attached hydrogen (secondary N) is 1. The molecule has 3 aromatic carbocycles. The second-order valence-electron chi connectivity index (χ2n) is 7.26. The molecular formula is C23H14Cl4N2O3. The summed E-state index contributed by atoms with van der Waals surface area (Å²) in [7, 11) is 0. The van der Waals surface area contributed by atoms with Gasteiger partial charge in [-0.2, -0.15) is 0 Å². The summed E-state index contributed by atoms with van der Waals surface area (Å²) in [6, 6.07) is 11.7. The third-order valence-corrected chi connectivity index (χ3v) is 7.03. The molecule has 0 aromatic heterocycles. The molecule has 0 radical (unpaired) electrons. The largest absolute Gasteiger partial charge is 0.322 e. The van der Waals surface area contributed by atoms with Crippen LogP contribution in [0.4, 0.5) is 11.4 Å². The van der Waals surface area contributed by atoms with Crippen LogP contribution in [0.5, 0.6) is 0 Å². The second kappa shape index (κ2) is 8.41. The fraction of sp³-hybridized carbons (Fsp3) is 0.0870. The Morgan fingerprint density at radius 1 is 0.781 bits per heavy atom. The van der Waals surface area contributed by atoms with E-state index in [0.717, 1.165) is 16.0 Å². The molecule has 162 valence electrons. The molecule has 4 rings (SSSR count). The van der Waals surface area contributed by atoms with Crippen LogP contribution in [-0.4, -0.2) is 17.7 Å². The number of halogens is 4.